The van der Waals surface area contributed by atoms with Crippen LogP contribution < -0.4 is 10.6 Å². The van der Waals surface area contributed by atoms with Crippen molar-refractivity contribution in [1.29, 1.82) is 0 Å². The Morgan fingerprint density at radius 1 is 1.40 bits per heavy atom. The lowest BCUT2D eigenvalue weighted by atomic mass is 9.81. The van der Waals surface area contributed by atoms with E-state index in [1.807, 2.05) is 24.3 Å². The SMILES string of the molecule is COCC(=O)Nc1cccc(NC(C)CC2CCC2)c1. The molecule has 0 spiro atoms. The molecular weight excluding hydrogens is 252 g/mol. The van der Waals surface area contributed by atoms with Crippen LogP contribution in [0.3, 0.4) is 0 Å². The molecule has 0 saturated heterocycles. The number of carbonyl (C=O) groups is 1. The number of amides is 1. The topological polar surface area (TPSA) is 50.4 Å². The molecule has 110 valence electrons. The highest BCUT2D eigenvalue weighted by molar-refractivity contribution is 5.92. The lowest BCUT2D eigenvalue weighted by molar-refractivity contribution is -0.119. The van der Waals surface area contributed by atoms with Gasteiger partial charge in [0, 0.05) is 24.5 Å². The summed E-state index contributed by atoms with van der Waals surface area (Å²) < 4.78 is 4.81. The van der Waals surface area contributed by atoms with Crippen LogP contribution in [0.2, 0.25) is 0 Å². The standard InChI is InChI=1S/C16H24N2O2/c1-12(9-13-5-3-6-13)17-14-7-4-8-15(10-14)18-16(19)11-20-2/h4,7-8,10,12-13,17H,3,5-6,9,11H2,1-2H3,(H,18,19). The molecule has 0 aromatic heterocycles. The largest absolute Gasteiger partial charge is 0.383 e. The summed E-state index contributed by atoms with van der Waals surface area (Å²) in [6.07, 6.45) is 5.36. The Balaban J connectivity index is 1.86. The number of anilines is 2. The van der Waals surface area contributed by atoms with Gasteiger partial charge in [-0.2, -0.15) is 0 Å². The predicted octanol–water partition coefficient (Wildman–Crippen LogP) is 3.26. The molecule has 1 aliphatic rings. The van der Waals surface area contributed by atoms with Gasteiger partial charge in [0.25, 0.3) is 0 Å². The maximum Gasteiger partial charge on any atom is 0.250 e. The van der Waals surface area contributed by atoms with Crippen LogP contribution in [-0.4, -0.2) is 25.7 Å². The minimum atomic E-state index is -0.132. The van der Waals surface area contributed by atoms with E-state index in [1.54, 1.807) is 0 Å². The number of hydrogen-bond donors (Lipinski definition) is 2. The number of methoxy groups -OCH3 is 1. The number of rotatable bonds is 7. The van der Waals surface area contributed by atoms with Gasteiger partial charge < -0.3 is 15.4 Å². The van der Waals surface area contributed by atoms with Crippen LogP contribution in [0.15, 0.2) is 24.3 Å². The molecule has 2 rings (SSSR count). The van der Waals surface area contributed by atoms with E-state index in [0.29, 0.717) is 6.04 Å². The van der Waals surface area contributed by atoms with E-state index in [4.69, 9.17) is 4.74 Å². The maximum absolute atomic E-state index is 11.5. The van der Waals surface area contributed by atoms with Crippen LogP contribution in [0.1, 0.15) is 32.6 Å². The molecule has 1 unspecified atom stereocenters. The summed E-state index contributed by atoms with van der Waals surface area (Å²) in [5, 5.41) is 6.32. The van der Waals surface area contributed by atoms with E-state index in [-0.39, 0.29) is 12.5 Å². The van der Waals surface area contributed by atoms with Crippen LogP contribution in [0, 0.1) is 5.92 Å². The molecular formula is C16H24N2O2. The minimum absolute atomic E-state index is 0.0791. The maximum atomic E-state index is 11.5. The fourth-order valence-electron chi connectivity index (χ4n) is 2.59. The van der Waals surface area contributed by atoms with E-state index >= 15 is 0 Å². The van der Waals surface area contributed by atoms with Crippen molar-refractivity contribution in [3.8, 4) is 0 Å². The summed E-state index contributed by atoms with van der Waals surface area (Å²) in [5.74, 6) is 0.759. The van der Waals surface area contributed by atoms with Gasteiger partial charge >= 0.3 is 0 Å². The van der Waals surface area contributed by atoms with Gasteiger partial charge in [-0.05, 0) is 37.5 Å². The highest BCUT2D eigenvalue weighted by atomic mass is 16.5. The summed E-state index contributed by atoms with van der Waals surface area (Å²) in [5.41, 5.74) is 1.85. The summed E-state index contributed by atoms with van der Waals surface area (Å²) in [7, 11) is 1.51. The molecule has 1 aliphatic carbocycles. The third kappa shape index (κ3) is 4.53. The van der Waals surface area contributed by atoms with E-state index < -0.39 is 0 Å². The lowest BCUT2D eigenvalue weighted by Gasteiger charge is -2.29. The van der Waals surface area contributed by atoms with Gasteiger partial charge in [-0.15, -0.1) is 0 Å². The average molecular weight is 276 g/mol. The third-order valence-corrected chi connectivity index (χ3v) is 3.75. The summed E-state index contributed by atoms with van der Waals surface area (Å²) in [6, 6.07) is 8.29. The first kappa shape index (κ1) is 14.9. The highest BCUT2D eigenvalue weighted by Gasteiger charge is 2.19. The summed E-state index contributed by atoms with van der Waals surface area (Å²) in [6.45, 7) is 2.30. The third-order valence-electron chi connectivity index (χ3n) is 3.75. The van der Waals surface area contributed by atoms with Crippen molar-refractivity contribution in [3.63, 3.8) is 0 Å². The first-order chi connectivity index (χ1) is 9.67. The molecule has 1 atom stereocenters. The van der Waals surface area contributed by atoms with E-state index in [2.05, 4.69) is 17.6 Å². The zero-order chi connectivity index (χ0) is 14.4. The van der Waals surface area contributed by atoms with Gasteiger partial charge in [-0.1, -0.05) is 25.3 Å². The molecule has 1 aromatic rings. The smallest absolute Gasteiger partial charge is 0.250 e. The van der Waals surface area contributed by atoms with Gasteiger partial charge in [0.05, 0.1) is 0 Å². The van der Waals surface area contributed by atoms with E-state index in [0.717, 1.165) is 17.3 Å². The van der Waals surface area contributed by atoms with Gasteiger partial charge in [-0.3, -0.25) is 4.79 Å². The van der Waals surface area contributed by atoms with Crippen molar-refractivity contribution in [2.24, 2.45) is 5.92 Å². The van der Waals surface area contributed by atoms with Crippen LogP contribution in [-0.2, 0) is 9.53 Å². The Morgan fingerprint density at radius 3 is 2.80 bits per heavy atom. The number of carbonyl (C=O) groups excluding carboxylic acids is 1. The van der Waals surface area contributed by atoms with E-state index in [9.17, 15) is 4.79 Å². The van der Waals surface area contributed by atoms with Crippen molar-refractivity contribution in [2.75, 3.05) is 24.4 Å². The van der Waals surface area contributed by atoms with Crippen LogP contribution in [0.5, 0.6) is 0 Å². The zero-order valence-electron chi connectivity index (χ0n) is 12.3. The molecule has 0 aliphatic heterocycles. The number of benzene rings is 1. The fraction of sp³-hybridized carbons (Fsp3) is 0.562. The molecule has 4 heteroatoms. The van der Waals surface area contributed by atoms with Gasteiger partial charge in [0.2, 0.25) is 5.91 Å². The molecule has 0 heterocycles. The second-order valence-electron chi connectivity index (χ2n) is 5.64. The normalized spacial score (nSPS) is 16.3. The van der Waals surface area contributed by atoms with Crippen molar-refractivity contribution in [1.82, 2.24) is 0 Å². The van der Waals surface area contributed by atoms with Gasteiger partial charge in [-0.25, -0.2) is 0 Å². The average Bonchev–Trinajstić information content (AvgIpc) is 2.34. The molecule has 1 fully saturated rings. The summed E-state index contributed by atoms with van der Waals surface area (Å²) in [4.78, 5) is 11.5. The lowest BCUT2D eigenvalue weighted by Crippen LogP contribution is -2.23. The molecule has 1 saturated carbocycles. The number of nitrogens with one attached hydrogen (secondary N) is 2. The van der Waals surface area contributed by atoms with Crippen molar-refractivity contribution >= 4 is 17.3 Å². The highest BCUT2D eigenvalue weighted by Crippen LogP contribution is 2.31. The molecule has 4 nitrogen and oxygen atoms in total. The monoisotopic (exact) mass is 276 g/mol. The quantitative estimate of drug-likeness (QED) is 0.803. The summed E-state index contributed by atoms with van der Waals surface area (Å²) >= 11 is 0. The molecule has 0 bridgehead atoms. The second-order valence-corrected chi connectivity index (χ2v) is 5.64. The Bertz CT molecular complexity index is 444. The Morgan fingerprint density at radius 2 is 2.15 bits per heavy atom. The Hall–Kier alpha value is -1.55. The molecule has 1 aromatic carbocycles. The van der Waals surface area contributed by atoms with Crippen molar-refractivity contribution in [3.05, 3.63) is 24.3 Å². The van der Waals surface area contributed by atoms with E-state index in [1.165, 1.54) is 32.8 Å². The second kappa shape index (κ2) is 7.29. The first-order valence-corrected chi connectivity index (χ1v) is 7.32. The fourth-order valence-corrected chi connectivity index (χ4v) is 2.59. The van der Waals surface area contributed by atoms with Crippen LogP contribution in [0.25, 0.3) is 0 Å². The molecule has 2 N–H and O–H groups in total. The molecule has 0 radical (unpaired) electrons. The van der Waals surface area contributed by atoms with Crippen LogP contribution >= 0.6 is 0 Å². The molecule has 20 heavy (non-hydrogen) atoms. The Labute approximate surface area is 120 Å². The first-order valence-electron chi connectivity index (χ1n) is 7.32. The minimum Gasteiger partial charge on any atom is -0.383 e. The van der Waals surface area contributed by atoms with Crippen molar-refractivity contribution < 1.29 is 9.53 Å². The van der Waals surface area contributed by atoms with Crippen LogP contribution in [0.4, 0.5) is 11.4 Å². The van der Waals surface area contributed by atoms with Gasteiger partial charge in [0.15, 0.2) is 0 Å². The number of ether oxygens (including phenoxy) is 1. The van der Waals surface area contributed by atoms with Gasteiger partial charge in [0.1, 0.15) is 6.61 Å². The molecule has 1 amide bonds. The zero-order valence-corrected chi connectivity index (χ0v) is 12.3. The Kier molecular flexibility index (Phi) is 5.41. The number of hydrogen-bond acceptors (Lipinski definition) is 3. The van der Waals surface area contributed by atoms with Crippen molar-refractivity contribution in [2.45, 2.75) is 38.6 Å². The predicted molar refractivity (Wildman–Crippen MR) is 82.0 cm³/mol.